The number of cyclic esters (lactones) is 1. The van der Waals surface area contributed by atoms with Gasteiger partial charge in [0.25, 0.3) is 0 Å². The Morgan fingerprint density at radius 2 is 2.29 bits per heavy atom. The highest BCUT2D eigenvalue weighted by molar-refractivity contribution is 5.69. The second-order valence-electron chi connectivity index (χ2n) is 5.01. The lowest BCUT2D eigenvalue weighted by Gasteiger charge is -2.19. The molecular weight excluding hydrogens is 224 g/mol. The van der Waals surface area contributed by atoms with Gasteiger partial charge in [-0.05, 0) is 33.6 Å². The van der Waals surface area contributed by atoms with Gasteiger partial charge in [0.05, 0.1) is 6.04 Å². The van der Waals surface area contributed by atoms with Crippen molar-refractivity contribution in [1.82, 2.24) is 10.6 Å². The highest BCUT2D eigenvalue weighted by Gasteiger charge is 2.21. The van der Waals surface area contributed by atoms with E-state index in [4.69, 9.17) is 9.47 Å². The van der Waals surface area contributed by atoms with Crippen LogP contribution in [0.1, 0.15) is 33.6 Å². The maximum atomic E-state index is 11.3. The van der Waals surface area contributed by atoms with Crippen LogP contribution in [-0.4, -0.2) is 37.0 Å². The maximum Gasteiger partial charge on any atom is 0.407 e. The van der Waals surface area contributed by atoms with E-state index in [0.29, 0.717) is 13.2 Å². The SMILES string of the molecule is CC(C)(C)OC(=O)NCCC[C@H]1COC(=O)N1. The molecule has 0 saturated carbocycles. The zero-order valence-corrected chi connectivity index (χ0v) is 10.5. The van der Waals surface area contributed by atoms with Crippen LogP contribution in [0.15, 0.2) is 0 Å². The van der Waals surface area contributed by atoms with Crippen molar-refractivity contribution in [3.05, 3.63) is 0 Å². The van der Waals surface area contributed by atoms with E-state index < -0.39 is 11.7 Å². The van der Waals surface area contributed by atoms with Gasteiger partial charge in [0.15, 0.2) is 0 Å². The van der Waals surface area contributed by atoms with Gasteiger partial charge in [-0.2, -0.15) is 0 Å². The van der Waals surface area contributed by atoms with Gasteiger partial charge in [0.2, 0.25) is 0 Å². The smallest absolute Gasteiger partial charge is 0.407 e. The lowest BCUT2D eigenvalue weighted by Crippen LogP contribution is -2.34. The van der Waals surface area contributed by atoms with Crippen LogP contribution in [0.4, 0.5) is 9.59 Å². The molecule has 0 aliphatic carbocycles. The van der Waals surface area contributed by atoms with E-state index in [2.05, 4.69) is 10.6 Å². The van der Waals surface area contributed by atoms with E-state index in [1.54, 1.807) is 0 Å². The Balaban J connectivity index is 2.04. The van der Waals surface area contributed by atoms with Gasteiger partial charge in [0, 0.05) is 6.54 Å². The summed E-state index contributed by atoms with van der Waals surface area (Å²) in [5, 5.41) is 5.33. The number of carbonyl (C=O) groups excluding carboxylic acids is 2. The largest absolute Gasteiger partial charge is 0.447 e. The van der Waals surface area contributed by atoms with E-state index >= 15 is 0 Å². The quantitative estimate of drug-likeness (QED) is 0.733. The van der Waals surface area contributed by atoms with Crippen molar-refractivity contribution in [2.45, 2.75) is 45.3 Å². The Bertz CT molecular complexity index is 286. The molecule has 0 aromatic heterocycles. The fraction of sp³-hybridized carbons (Fsp3) is 0.818. The number of hydrogen-bond donors (Lipinski definition) is 2. The van der Waals surface area contributed by atoms with E-state index in [1.807, 2.05) is 20.8 Å². The molecule has 2 N–H and O–H groups in total. The van der Waals surface area contributed by atoms with E-state index in [0.717, 1.165) is 12.8 Å². The van der Waals surface area contributed by atoms with Gasteiger partial charge < -0.3 is 20.1 Å². The first-order valence-corrected chi connectivity index (χ1v) is 5.77. The van der Waals surface area contributed by atoms with Crippen LogP contribution in [0.3, 0.4) is 0 Å². The summed E-state index contributed by atoms with van der Waals surface area (Å²) in [6.07, 6.45) is 0.772. The number of alkyl carbamates (subject to hydrolysis) is 2. The number of nitrogens with one attached hydrogen (secondary N) is 2. The molecule has 1 fully saturated rings. The molecule has 0 bridgehead atoms. The van der Waals surface area contributed by atoms with Crippen molar-refractivity contribution in [2.24, 2.45) is 0 Å². The molecule has 0 spiro atoms. The molecule has 1 saturated heterocycles. The van der Waals surface area contributed by atoms with Crippen LogP contribution in [0.5, 0.6) is 0 Å². The number of carbonyl (C=O) groups is 2. The molecule has 1 atom stereocenters. The minimum atomic E-state index is -0.475. The summed E-state index contributed by atoms with van der Waals surface area (Å²) >= 11 is 0. The molecule has 0 unspecified atom stereocenters. The first kappa shape index (κ1) is 13.6. The van der Waals surface area contributed by atoms with Gasteiger partial charge in [-0.3, -0.25) is 0 Å². The Morgan fingerprint density at radius 3 is 2.82 bits per heavy atom. The molecule has 1 heterocycles. The average Bonchev–Trinajstić information content (AvgIpc) is 2.56. The summed E-state index contributed by atoms with van der Waals surface area (Å²) in [5.41, 5.74) is -0.475. The van der Waals surface area contributed by atoms with Crippen molar-refractivity contribution < 1.29 is 19.1 Å². The predicted molar refractivity (Wildman–Crippen MR) is 61.7 cm³/mol. The fourth-order valence-electron chi connectivity index (χ4n) is 1.43. The molecule has 2 amide bonds. The average molecular weight is 244 g/mol. The van der Waals surface area contributed by atoms with Crippen LogP contribution in [-0.2, 0) is 9.47 Å². The third kappa shape index (κ3) is 5.99. The molecule has 1 rings (SSSR count). The Hall–Kier alpha value is -1.46. The number of rotatable bonds is 4. The molecule has 0 aromatic carbocycles. The number of amides is 2. The molecule has 0 radical (unpaired) electrons. The minimum absolute atomic E-state index is 0.0583. The lowest BCUT2D eigenvalue weighted by molar-refractivity contribution is 0.0526. The monoisotopic (exact) mass is 244 g/mol. The van der Waals surface area contributed by atoms with Crippen molar-refractivity contribution in [2.75, 3.05) is 13.2 Å². The number of hydrogen-bond acceptors (Lipinski definition) is 4. The molecule has 98 valence electrons. The van der Waals surface area contributed by atoms with Crippen molar-refractivity contribution in [3.8, 4) is 0 Å². The fourth-order valence-corrected chi connectivity index (χ4v) is 1.43. The Kier molecular flexibility index (Phi) is 4.60. The summed E-state index contributed by atoms with van der Waals surface area (Å²) in [6.45, 7) is 6.39. The Morgan fingerprint density at radius 1 is 1.59 bits per heavy atom. The third-order valence-corrected chi connectivity index (χ3v) is 2.14. The maximum absolute atomic E-state index is 11.3. The molecule has 17 heavy (non-hydrogen) atoms. The van der Waals surface area contributed by atoms with Gasteiger partial charge in [-0.1, -0.05) is 0 Å². The second kappa shape index (κ2) is 5.75. The summed E-state index contributed by atoms with van der Waals surface area (Å²) in [6, 6.07) is 0.0583. The van der Waals surface area contributed by atoms with Crippen LogP contribution >= 0.6 is 0 Å². The highest BCUT2D eigenvalue weighted by Crippen LogP contribution is 2.07. The van der Waals surface area contributed by atoms with Crippen molar-refractivity contribution in [3.63, 3.8) is 0 Å². The van der Waals surface area contributed by atoms with E-state index in [1.165, 1.54) is 0 Å². The predicted octanol–water partition coefficient (Wildman–Crippen LogP) is 1.40. The summed E-state index contributed by atoms with van der Waals surface area (Å²) < 4.78 is 9.83. The Labute approximate surface area is 101 Å². The molecule has 0 aromatic rings. The molecular formula is C11H20N2O4. The summed E-state index contributed by atoms with van der Waals surface area (Å²) in [5.74, 6) is 0. The van der Waals surface area contributed by atoms with Crippen LogP contribution in [0.25, 0.3) is 0 Å². The molecule has 1 aliphatic rings. The van der Waals surface area contributed by atoms with Gasteiger partial charge in [-0.15, -0.1) is 0 Å². The summed E-state index contributed by atoms with van der Waals surface area (Å²) in [7, 11) is 0. The minimum Gasteiger partial charge on any atom is -0.447 e. The first-order chi connectivity index (χ1) is 7.87. The number of ether oxygens (including phenoxy) is 2. The van der Waals surface area contributed by atoms with Crippen LogP contribution in [0, 0.1) is 0 Å². The van der Waals surface area contributed by atoms with E-state index in [9.17, 15) is 9.59 Å². The van der Waals surface area contributed by atoms with Gasteiger partial charge in [-0.25, -0.2) is 9.59 Å². The summed E-state index contributed by atoms with van der Waals surface area (Å²) in [4.78, 5) is 22.0. The topological polar surface area (TPSA) is 76.7 Å². The third-order valence-electron chi connectivity index (χ3n) is 2.14. The highest BCUT2D eigenvalue weighted by atomic mass is 16.6. The normalized spacial score (nSPS) is 19.5. The zero-order chi connectivity index (χ0) is 12.9. The van der Waals surface area contributed by atoms with E-state index in [-0.39, 0.29) is 12.1 Å². The standard InChI is InChI=1S/C11H20N2O4/c1-11(2,3)17-9(14)12-6-4-5-8-7-16-10(15)13-8/h8H,4-7H2,1-3H3,(H,12,14)(H,13,15)/t8-/m0/s1. The van der Waals surface area contributed by atoms with Crippen LogP contribution in [0.2, 0.25) is 0 Å². The molecule has 6 heteroatoms. The second-order valence-corrected chi connectivity index (χ2v) is 5.01. The van der Waals surface area contributed by atoms with Gasteiger partial charge >= 0.3 is 12.2 Å². The van der Waals surface area contributed by atoms with Crippen LogP contribution < -0.4 is 10.6 Å². The van der Waals surface area contributed by atoms with Crippen molar-refractivity contribution >= 4 is 12.2 Å². The molecule has 1 aliphatic heterocycles. The molecule has 6 nitrogen and oxygen atoms in total. The lowest BCUT2D eigenvalue weighted by atomic mass is 10.2. The van der Waals surface area contributed by atoms with Gasteiger partial charge in [0.1, 0.15) is 12.2 Å². The first-order valence-electron chi connectivity index (χ1n) is 5.77. The van der Waals surface area contributed by atoms with Crippen molar-refractivity contribution in [1.29, 1.82) is 0 Å². The zero-order valence-electron chi connectivity index (χ0n) is 10.5.